The first-order valence-electron chi connectivity index (χ1n) is 8.82. The van der Waals surface area contributed by atoms with E-state index in [0.717, 1.165) is 24.7 Å². The maximum atomic E-state index is 9.70. The Kier molecular flexibility index (Phi) is 5.74. The molecule has 0 bridgehead atoms. The van der Waals surface area contributed by atoms with Gasteiger partial charge in [0.25, 0.3) is 0 Å². The van der Waals surface area contributed by atoms with Crippen molar-refractivity contribution in [1.82, 2.24) is 0 Å². The van der Waals surface area contributed by atoms with E-state index in [-0.39, 0.29) is 6.10 Å². The van der Waals surface area contributed by atoms with Crippen LogP contribution in [0.1, 0.15) is 90.9 Å². The molecule has 2 saturated carbocycles. The van der Waals surface area contributed by atoms with Gasteiger partial charge in [-0.15, -0.1) is 0 Å². The summed E-state index contributed by atoms with van der Waals surface area (Å²) in [7, 11) is 0. The first kappa shape index (κ1) is 15.4. The summed E-state index contributed by atoms with van der Waals surface area (Å²) in [5.41, 5.74) is 0.549. The van der Waals surface area contributed by atoms with Crippen LogP contribution in [-0.4, -0.2) is 11.2 Å². The van der Waals surface area contributed by atoms with Crippen LogP contribution in [0.4, 0.5) is 0 Å². The topological polar surface area (TPSA) is 20.2 Å². The van der Waals surface area contributed by atoms with Crippen molar-refractivity contribution < 1.29 is 5.11 Å². The maximum Gasteiger partial charge on any atom is 0.0540 e. The Hall–Kier alpha value is -0.0400. The second-order valence-corrected chi connectivity index (χ2v) is 7.60. The van der Waals surface area contributed by atoms with E-state index in [1.807, 2.05) is 0 Å². The molecule has 2 aliphatic carbocycles. The van der Waals surface area contributed by atoms with Gasteiger partial charge < -0.3 is 5.11 Å². The molecule has 0 aromatic heterocycles. The number of aliphatic hydroxyl groups is 1. The fraction of sp³-hybridized carbons (Fsp3) is 1.00. The predicted octanol–water partition coefficient (Wildman–Crippen LogP) is 5.31. The van der Waals surface area contributed by atoms with E-state index in [4.69, 9.17) is 0 Å². The monoisotopic (exact) mass is 266 g/mol. The highest BCUT2D eigenvalue weighted by atomic mass is 16.3. The Balaban J connectivity index is 1.73. The van der Waals surface area contributed by atoms with Gasteiger partial charge in [-0.3, -0.25) is 0 Å². The molecule has 0 unspecified atom stereocenters. The van der Waals surface area contributed by atoms with E-state index in [2.05, 4.69) is 13.8 Å². The lowest BCUT2D eigenvalue weighted by molar-refractivity contribution is 0.0173. The van der Waals surface area contributed by atoms with Crippen molar-refractivity contribution in [2.75, 3.05) is 0 Å². The molecule has 1 heteroatoms. The smallest absolute Gasteiger partial charge is 0.0540 e. The summed E-state index contributed by atoms with van der Waals surface area (Å²) >= 11 is 0. The molecule has 0 spiro atoms. The standard InChI is InChI=1S/C18H34O/c1-3-4-5-6-15-7-9-16(10-8-15)18(2)13-11-17(19)12-14-18/h15-17,19H,3-14H2,1-2H3. The maximum absolute atomic E-state index is 9.70. The first-order chi connectivity index (χ1) is 9.14. The molecule has 1 nitrogen and oxygen atoms in total. The van der Waals surface area contributed by atoms with Crippen LogP contribution < -0.4 is 0 Å². The van der Waals surface area contributed by atoms with Gasteiger partial charge in [0.05, 0.1) is 6.10 Å². The lowest BCUT2D eigenvalue weighted by Crippen LogP contribution is -2.36. The molecule has 0 heterocycles. The van der Waals surface area contributed by atoms with Crippen molar-refractivity contribution in [2.45, 2.75) is 97.0 Å². The van der Waals surface area contributed by atoms with Crippen LogP contribution in [0.5, 0.6) is 0 Å². The molecule has 0 aromatic rings. The minimum absolute atomic E-state index is 0.00143. The zero-order valence-corrected chi connectivity index (χ0v) is 13.2. The van der Waals surface area contributed by atoms with Gasteiger partial charge in [0.1, 0.15) is 0 Å². The first-order valence-corrected chi connectivity index (χ1v) is 8.82. The molecular formula is C18H34O. The quantitative estimate of drug-likeness (QED) is 0.668. The molecule has 0 atom stereocenters. The van der Waals surface area contributed by atoms with Crippen LogP contribution in [0.25, 0.3) is 0 Å². The number of rotatable bonds is 5. The van der Waals surface area contributed by atoms with Gasteiger partial charge in [-0.2, -0.15) is 0 Å². The van der Waals surface area contributed by atoms with E-state index < -0.39 is 0 Å². The summed E-state index contributed by atoms with van der Waals surface area (Å²) in [6.07, 6.45) is 16.2. The lowest BCUT2D eigenvalue weighted by atomic mass is 9.61. The zero-order valence-electron chi connectivity index (χ0n) is 13.2. The highest BCUT2D eigenvalue weighted by Crippen LogP contribution is 2.49. The second-order valence-electron chi connectivity index (χ2n) is 7.60. The van der Waals surface area contributed by atoms with E-state index >= 15 is 0 Å². The molecule has 2 fully saturated rings. The highest BCUT2D eigenvalue weighted by Gasteiger charge is 2.38. The highest BCUT2D eigenvalue weighted by molar-refractivity contribution is 4.90. The molecule has 2 rings (SSSR count). The Morgan fingerprint density at radius 3 is 2.16 bits per heavy atom. The summed E-state index contributed by atoms with van der Waals surface area (Å²) in [5, 5.41) is 9.70. The number of hydrogen-bond acceptors (Lipinski definition) is 1. The van der Waals surface area contributed by atoms with Gasteiger partial charge in [-0.05, 0) is 55.8 Å². The van der Waals surface area contributed by atoms with Gasteiger partial charge in [0.2, 0.25) is 0 Å². The average molecular weight is 266 g/mol. The predicted molar refractivity (Wildman–Crippen MR) is 82.2 cm³/mol. The van der Waals surface area contributed by atoms with Gasteiger partial charge in [-0.25, -0.2) is 0 Å². The third-order valence-electron chi connectivity index (χ3n) is 6.15. The largest absolute Gasteiger partial charge is 0.393 e. The fourth-order valence-electron chi connectivity index (χ4n) is 4.50. The van der Waals surface area contributed by atoms with Crippen LogP contribution >= 0.6 is 0 Å². The van der Waals surface area contributed by atoms with Crippen molar-refractivity contribution in [3.63, 3.8) is 0 Å². The Bertz CT molecular complexity index is 244. The van der Waals surface area contributed by atoms with E-state index in [9.17, 15) is 5.11 Å². The number of hydrogen-bond donors (Lipinski definition) is 1. The Morgan fingerprint density at radius 2 is 1.58 bits per heavy atom. The number of unbranched alkanes of at least 4 members (excludes halogenated alkanes) is 2. The van der Waals surface area contributed by atoms with Crippen LogP contribution in [-0.2, 0) is 0 Å². The Morgan fingerprint density at radius 1 is 0.947 bits per heavy atom. The Labute approximate surface area is 120 Å². The number of aliphatic hydroxyl groups excluding tert-OH is 1. The molecule has 19 heavy (non-hydrogen) atoms. The summed E-state index contributed by atoms with van der Waals surface area (Å²) in [6, 6.07) is 0. The van der Waals surface area contributed by atoms with Gasteiger partial charge >= 0.3 is 0 Å². The zero-order chi connectivity index (χ0) is 13.7. The summed E-state index contributed by atoms with van der Waals surface area (Å²) in [5.74, 6) is 1.98. The molecule has 2 aliphatic rings. The minimum atomic E-state index is -0.00143. The van der Waals surface area contributed by atoms with Crippen LogP contribution in [0.3, 0.4) is 0 Å². The normalized spacial score (nSPS) is 40.3. The van der Waals surface area contributed by atoms with Crippen LogP contribution in [0.2, 0.25) is 0 Å². The van der Waals surface area contributed by atoms with E-state index in [1.54, 1.807) is 0 Å². The summed E-state index contributed by atoms with van der Waals surface area (Å²) in [4.78, 5) is 0. The van der Waals surface area contributed by atoms with Crippen molar-refractivity contribution in [3.8, 4) is 0 Å². The molecule has 0 radical (unpaired) electrons. The van der Waals surface area contributed by atoms with Gasteiger partial charge in [-0.1, -0.05) is 52.4 Å². The van der Waals surface area contributed by atoms with E-state index in [1.165, 1.54) is 64.2 Å². The van der Waals surface area contributed by atoms with Gasteiger partial charge in [0, 0.05) is 0 Å². The van der Waals surface area contributed by atoms with Crippen LogP contribution in [0, 0.1) is 17.3 Å². The third kappa shape index (κ3) is 4.21. The van der Waals surface area contributed by atoms with Crippen molar-refractivity contribution in [3.05, 3.63) is 0 Å². The molecular weight excluding hydrogens is 232 g/mol. The average Bonchev–Trinajstić information content (AvgIpc) is 2.43. The third-order valence-corrected chi connectivity index (χ3v) is 6.15. The fourth-order valence-corrected chi connectivity index (χ4v) is 4.50. The van der Waals surface area contributed by atoms with Crippen molar-refractivity contribution >= 4 is 0 Å². The van der Waals surface area contributed by atoms with Crippen molar-refractivity contribution in [1.29, 1.82) is 0 Å². The van der Waals surface area contributed by atoms with E-state index in [0.29, 0.717) is 5.41 Å². The SMILES string of the molecule is CCCCCC1CCC(C2(C)CCC(O)CC2)CC1. The molecule has 1 N–H and O–H groups in total. The van der Waals surface area contributed by atoms with Crippen molar-refractivity contribution in [2.24, 2.45) is 17.3 Å². The molecule has 112 valence electrons. The molecule has 0 aliphatic heterocycles. The lowest BCUT2D eigenvalue weighted by Gasteiger charge is -2.45. The molecule has 0 aromatic carbocycles. The second kappa shape index (κ2) is 7.11. The summed E-state index contributed by atoms with van der Waals surface area (Å²) in [6.45, 7) is 4.80. The molecule has 0 amide bonds. The molecule has 0 saturated heterocycles. The van der Waals surface area contributed by atoms with Gasteiger partial charge in [0.15, 0.2) is 0 Å². The summed E-state index contributed by atoms with van der Waals surface area (Å²) < 4.78 is 0. The van der Waals surface area contributed by atoms with Crippen LogP contribution in [0.15, 0.2) is 0 Å². The minimum Gasteiger partial charge on any atom is -0.393 e.